The first kappa shape index (κ1) is 13.5. The molecular formula is C10H13ClN2O4. The third-order valence-electron chi connectivity index (χ3n) is 1.82. The number of hydrogen-bond acceptors (Lipinski definition) is 5. The van der Waals surface area contributed by atoms with Gasteiger partial charge in [0.15, 0.2) is 6.10 Å². The Morgan fingerprint density at radius 2 is 2.18 bits per heavy atom. The Balaban J connectivity index is 2.56. The molecule has 0 aliphatic heterocycles. The van der Waals surface area contributed by atoms with E-state index in [1.165, 1.54) is 20.2 Å². The lowest BCUT2D eigenvalue weighted by Gasteiger charge is -2.16. The van der Waals surface area contributed by atoms with Crippen LogP contribution in [0.25, 0.3) is 0 Å². The fraction of sp³-hybridized carbons (Fsp3) is 0.500. The molecule has 0 saturated carbocycles. The molecule has 7 heteroatoms. The van der Waals surface area contributed by atoms with Crippen molar-refractivity contribution in [3.63, 3.8) is 0 Å². The first-order chi connectivity index (χ1) is 7.97. The molecule has 94 valence electrons. The summed E-state index contributed by atoms with van der Waals surface area (Å²) in [7, 11) is 0. The molecule has 0 amide bonds. The van der Waals surface area contributed by atoms with E-state index >= 15 is 0 Å². The summed E-state index contributed by atoms with van der Waals surface area (Å²) in [5, 5.41) is 0.346. The first-order valence-corrected chi connectivity index (χ1v) is 5.33. The lowest BCUT2D eigenvalue weighted by molar-refractivity contribution is -0.157. The van der Waals surface area contributed by atoms with E-state index in [-0.39, 0.29) is 6.61 Å². The zero-order valence-electron chi connectivity index (χ0n) is 9.55. The molecule has 0 aliphatic carbocycles. The van der Waals surface area contributed by atoms with E-state index in [0.717, 1.165) is 0 Å². The van der Waals surface area contributed by atoms with Crippen LogP contribution in [0.1, 0.15) is 13.8 Å². The Hall–Kier alpha value is -1.56. The predicted octanol–water partition coefficient (Wildman–Crippen LogP) is 1.03. The van der Waals surface area contributed by atoms with Crippen LogP contribution in [0.4, 0.5) is 0 Å². The van der Waals surface area contributed by atoms with Crippen LogP contribution in [0.2, 0.25) is 5.15 Å². The van der Waals surface area contributed by atoms with Crippen LogP contribution in [0.5, 0.6) is 0 Å². The highest BCUT2D eigenvalue weighted by Crippen LogP contribution is 2.06. The number of nitrogens with zero attached hydrogens (tertiary/aromatic N) is 2. The lowest BCUT2D eigenvalue weighted by Crippen LogP contribution is -2.28. The SMILES string of the molecule is CC(=O)OCC(Cn1cnc(Cl)c1)OC(C)=O. The van der Waals surface area contributed by atoms with Crippen LogP contribution in [0.3, 0.4) is 0 Å². The molecule has 0 N–H and O–H groups in total. The van der Waals surface area contributed by atoms with Gasteiger partial charge in [-0.2, -0.15) is 0 Å². The maximum Gasteiger partial charge on any atom is 0.303 e. The molecular weight excluding hydrogens is 248 g/mol. The highest BCUT2D eigenvalue weighted by atomic mass is 35.5. The van der Waals surface area contributed by atoms with Crippen molar-refractivity contribution in [1.29, 1.82) is 0 Å². The van der Waals surface area contributed by atoms with Crippen LogP contribution in [0.15, 0.2) is 12.5 Å². The van der Waals surface area contributed by atoms with Gasteiger partial charge in [-0.15, -0.1) is 0 Å². The van der Waals surface area contributed by atoms with Gasteiger partial charge in [0.25, 0.3) is 0 Å². The summed E-state index contributed by atoms with van der Waals surface area (Å²) in [6.45, 7) is 2.91. The summed E-state index contributed by atoms with van der Waals surface area (Å²) in [4.78, 5) is 25.4. The normalized spacial score (nSPS) is 11.9. The number of imidazole rings is 1. The molecule has 0 aliphatic rings. The molecule has 1 rings (SSSR count). The number of rotatable bonds is 5. The highest BCUT2D eigenvalue weighted by molar-refractivity contribution is 6.29. The van der Waals surface area contributed by atoms with Gasteiger partial charge < -0.3 is 14.0 Å². The molecule has 0 aromatic carbocycles. The summed E-state index contributed by atoms with van der Waals surface area (Å²) in [5.74, 6) is -0.862. The quantitative estimate of drug-likeness (QED) is 0.740. The van der Waals surface area contributed by atoms with Crippen molar-refractivity contribution in [2.24, 2.45) is 0 Å². The van der Waals surface area contributed by atoms with Crippen molar-refractivity contribution in [3.8, 4) is 0 Å². The van der Waals surface area contributed by atoms with Crippen molar-refractivity contribution in [1.82, 2.24) is 9.55 Å². The second kappa shape index (κ2) is 6.24. The summed E-state index contributed by atoms with van der Waals surface area (Å²) in [6.07, 6.45) is 2.54. The van der Waals surface area contributed by atoms with E-state index in [9.17, 15) is 9.59 Å². The predicted molar refractivity (Wildman–Crippen MR) is 59.4 cm³/mol. The zero-order chi connectivity index (χ0) is 12.8. The number of aromatic nitrogens is 2. The van der Waals surface area contributed by atoms with E-state index in [0.29, 0.717) is 11.7 Å². The minimum absolute atomic E-state index is 0.00467. The van der Waals surface area contributed by atoms with E-state index in [1.54, 1.807) is 10.8 Å². The summed E-state index contributed by atoms with van der Waals surface area (Å²) >= 11 is 5.65. The van der Waals surface area contributed by atoms with E-state index < -0.39 is 18.0 Å². The lowest BCUT2D eigenvalue weighted by atomic mass is 10.3. The van der Waals surface area contributed by atoms with Gasteiger partial charge in [-0.05, 0) is 0 Å². The molecule has 17 heavy (non-hydrogen) atoms. The van der Waals surface area contributed by atoms with Crippen LogP contribution in [-0.4, -0.2) is 34.2 Å². The van der Waals surface area contributed by atoms with Crippen molar-refractivity contribution in [2.45, 2.75) is 26.5 Å². The second-order valence-electron chi connectivity index (χ2n) is 3.43. The molecule has 0 spiro atoms. The van der Waals surface area contributed by atoms with Gasteiger partial charge in [0.05, 0.1) is 12.9 Å². The summed E-state index contributed by atoms with van der Waals surface area (Å²) in [5.41, 5.74) is 0. The molecule has 6 nitrogen and oxygen atoms in total. The number of ether oxygens (including phenoxy) is 2. The first-order valence-electron chi connectivity index (χ1n) is 4.95. The van der Waals surface area contributed by atoms with Crippen LogP contribution < -0.4 is 0 Å². The van der Waals surface area contributed by atoms with Crippen LogP contribution in [0, 0.1) is 0 Å². The highest BCUT2D eigenvalue weighted by Gasteiger charge is 2.15. The Bertz CT molecular complexity index is 405. The minimum Gasteiger partial charge on any atom is -0.462 e. The molecule has 1 atom stereocenters. The van der Waals surface area contributed by atoms with Gasteiger partial charge >= 0.3 is 11.9 Å². The van der Waals surface area contributed by atoms with Gasteiger partial charge in [0.1, 0.15) is 11.8 Å². The molecule has 1 aromatic heterocycles. The average Bonchev–Trinajstić information content (AvgIpc) is 2.59. The van der Waals surface area contributed by atoms with Crippen molar-refractivity contribution in [2.75, 3.05) is 6.61 Å². The molecule has 0 fully saturated rings. The van der Waals surface area contributed by atoms with Gasteiger partial charge in [0, 0.05) is 20.0 Å². The number of carbonyl (C=O) groups is 2. The minimum atomic E-state index is -0.554. The fourth-order valence-electron chi connectivity index (χ4n) is 1.24. The largest absolute Gasteiger partial charge is 0.462 e. The van der Waals surface area contributed by atoms with Gasteiger partial charge in [0.2, 0.25) is 0 Å². The average molecular weight is 261 g/mol. The Labute approximate surface area is 103 Å². The third kappa shape index (κ3) is 5.35. The van der Waals surface area contributed by atoms with Gasteiger partial charge in [-0.1, -0.05) is 11.6 Å². The number of carbonyl (C=O) groups excluding carboxylic acids is 2. The fourth-order valence-corrected chi connectivity index (χ4v) is 1.41. The summed E-state index contributed by atoms with van der Waals surface area (Å²) in [6, 6.07) is 0. The maximum absolute atomic E-state index is 10.9. The zero-order valence-corrected chi connectivity index (χ0v) is 10.3. The Kier molecular flexibility index (Phi) is 4.96. The van der Waals surface area contributed by atoms with Crippen LogP contribution in [-0.2, 0) is 25.6 Å². The Morgan fingerprint density at radius 3 is 2.65 bits per heavy atom. The van der Waals surface area contributed by atoms with E-state index in [1.807, 2.05) is 0 Å². The van der Waals surface area contributed by atoms with Crippen LogP contribution >= 0.6 is 11.6 Å². The standard InChI is InChI=1S/C10H13ClN2O4/c1-7(14)16-5-9(17-8(2)15)3-13-4-10(11)12-6-13/h4,6,9H,3,5H2,1-2H3. The number of esters is 2. The van der Waals surface area contributed by atoms with Crippen molar-refractivity contribution in [3.05, 3.63) is 17.7 Å². The van der Waals surface area contributed by atoms with E-state index in [2.05, 4.69) is 4.98 Å². The summed E-state index contributed by atoms with van der Waals surface area (Å²) < 4.78 is 11.5. The molecule has 1 heterocycles. The molecule has 1 aromatic rings. The number of hydrogen-bond donors (Lipinski definition) is 0. The van der Waals surface area contributed by atoms with Crippen molar-refractivity contribution < 1.29 is 19.1 Å². The molecule has 1 unspecified atom stereocenters. The molecule has 0 saturated heterocycles. The maximum atomic E-state index is 10.9. The Morgan fingerprint density at radius 1 is 1.47 bits per heavy atom. The van der Waals surface area contributed by atoms with Gasteiger partial charge in [-0.3, -0.25) is 9.59 Å². The second-order valence-corrected chi connectivity index (χ2v) is 3.81. The molecule has 0 bridgehead atoms. The van der Waals surface area contributed by atoms with Gasteiger partial charge in [-0.25, -0.2) is 4.98 Å². The third-order valence-corrected chi connectivity index (χ3v) is 2.02. The van der Waals surface area contributed by atoms with Crippen molar-refractivity contribution >= 4 is 23.5 Å². The topological polar surface area (TPSA) is 70.4 Å². The number of halogens is 1. The molecule has 0 radical (unpaired) electrons. The van der Waals surface area contributed by atoms with E-state index in [4.69, 9.17) is 21.1 Å². The smallest absolute Gasteiger partial charge is 0.303 e. The monoisotopic (exact) mass is 260 g/mol.